The van der Waals surface area contributed by atoms with Crippen LogP contribution in [-0.2, 0) is 4.84 Å². The molecule has 0 saturated heterocycles. The minimum atomic E-state index is -0.154. The zero-order chi connectivity index (χ0) is 8.91. The number of rotatable bonds is 3. The fraction of sp³-hybridized carbons (Fsp3) is 0.857. The van der Waals surface area contributed by atoms with E-state index in [1.165, 1.54) is 0 Å². The lowest BCUT2D eigenvalue weighted by molar-refractivity contribution is 0.0637. The molecule has 11 heavy (non-hydrogen) atoms. The van der Waals surface area contributed by atoms with Crippen LogP contribution in [0, 0.1) is 10.8 Å². The largest absolute Gasteiger partial charge is 0.368 e. The first-order valence-electron chi connectivity index (χ1n) is 3.64. The van der Waals surface area contributed by atoms with Gasteiger partial charge in [-0.2, -0.15) is 0 Å². The Kier molecular flexibility index (Phi) is 3.89. The van der Waals surface area contributed by atoms with Crippen LogP contribution in [0.15, 0.2) is 0 Å². The number of nitrogens with one attached hydrogen (secondary N) is 2. The second kappa shape index (κ2) is 4.18. The zero-order valence-electron chi connectivity index (χ0n) is 7.40. The molecule has 0 aromatic heterocycles. The molecule has 0 spiro atoms. The van der Waals surface area contributed by atoms with Gasteiger partial charge in [0.25, 0.3) is 0 Å². The molecular formula is C7H17N3O. The Balaban J connectivity index is 3.22. The lowest BCUT2D eigenvalue weighted by Crippen LogP contribution is -2.31. The molecule has 0 atom stereocenters. The van der Waals surface area contributed by atoms with Crippen LogP contribution < -0.4 is 11.2 Å². The Hall–Kier alpha value is -0.770. The predicted molar refractivity (Wildman–Crippen MR) is 45.1 cm³/mol. The molecule has 0 aliphatic rings. The Morgan fingerprint density at radius 2 is 2.09 bits per heavy atom. The van der Waals surface area contributed by atoms with E-state index in [0.29, 0.717) is 6.61 Å². The maximum Gasteiger partial charge on any atom is 0.210 e. The van der Waals surface area contributed by atoms with E-state index in [4.69, 9.17) is 16.0 Å². The summed E-state index contributed by atoms with van der Waals surface area (Å²) in [7, 11) is 0. The molecule has 0 bridgehead atoms. The first kappa shape index (κ1) is 10.2. The minimum absolute atomic E-state index is 0.154. The number of hydrogen-bond donors (Lipinski definition) is 3. The molecule has 0 rings (SSSR count). The summed E-state index contributed by atoms with van der Waals surface area (Å²) in [5.41, 5.74) is 7.53. The van der Waals surface area contributed by atoms with Crippen molar-refractivity contribution in [2.24, 2.45) is 11.1 Å². The van der Waals surface area contributed by atoms with Gasteiger partial charge in [0.15, 0.2) is 0 Å². The van der Waals surface area contributed by atoms with Crippen LogP contribution in [0.2, 0.25) is 0 Å². The van der Waals surface area contributed by atoms with Gasteiger partial charge in [0, 0.05) is 0 Å². The van der Waals surface area contributed by atoms with E-state index in [1.54, 1.807) is 0 Å². The van der Waals surface area contributed by atoms with Crippen LogP contribution >= 0.6 is 0 Å². The minimum Gasteiger partial charge on any atom is -0.368 e. The van der Waals surface area contributed by atoms with E-state index < -0.39 is 0 Å². The maximum absolute atomic E-state index is 6.77. The second-order valence-corrected chi connectivity index (χ2v) is 3.67. The van der Waals surface area contributed by atoms with Gasteiger partial charge in [-0.15, -0.1) is 0 Å². The molecular weight excluding hydrogens is 142 g/mol. The van der Waals surface area contributed by atoms with Gasteiger partial charge in [-0.1, -0.05) is 20.8 Å². The molecule has 4 nitrogen and oxygen atoms in total. The molecule has 0 radical (unpaired) electrons. The van der Waals surface area contributed by atoms with Gasteiger partial charge in [0.1, 0.15) is 0 Å². The van der Waals surface area contributed by atoms with Crippen LogP contribution in [0.1, 0.15) is 27.2 Å². The van der Waals surface area contributed by atoms with Crippen molar-refractivity contribution in [3.63, 3.8) is 0 Å². The van der Waals surface area contributed by atoms with Crippen molar-refractivity contribution < 1.29 is 4.84 Å². The number of hydrogen-bond acceptors (Lipinski definition) is 2. The van der Waals surface area contributed by atoms with Crippen LogP contribution in [0.4, 0.5) is 0 Å². The van der Waals surface area contributed by atoms with E-state index in [1.807, 2.05) is 0 Å². The lowest BCUT2D eigenvalue weighted by atomic mass is 9.93. The van der Waals surface area contributed by atoms with Gasteiger partial charge in [-0.25, -0.2) is 5.48 Å². The first-order chi connectivity index (χ1) is 4.92. The van der Waals surface area contributed by atoms with Crippen molar-refractivity contribution >= 4 is 5.96 Å². The third-order valence-electron chi connectivity index (χ3n) is 1.14. The topological polar surface area (TPSA) is 71.1 Å². The summed E-state index contributed by atoms with van der Waals surface area (Å²) in [6.07, 6.45) is 0.938. The van der Waals surface area contributed by atoms with Crippen LogP contribution in [-0.4, -0.2) is 12.6 Å². The van der Waals surface area contributed by atoms with Crippen molar-refractivity contribution in [3.05, 3.63) is 0 Å². The highest BCUT2D eigenvalue weighted by Gasteiger charge is 2.09. The number of nitrogens with two attached hydrogens (primary N) is 1. The Morgan fingerprint density at radius 1 is 1.55 bits per heavy atom. The third kappa shape index (κ3) is 9.23. The Labute approximate surface area is 67.6 Å². The highest BCUT2D eigenvalue weighted by Crippen LogP contribution is 2.17. The van der Waals surface area contributed by atoms with Gasteiger partial charge in [0.05, 0.1) is 6.61 Å². The molecule has 4 heteroatoms. The summed E-state index contributed by atoms with van der Waals surface area (Å²) in [6, 6.07) is 0. The van der Waals surface area contributed by atoms with Crippen LogP contribution in [0.5, 0.6) is 0 Å². The molecule has 0 aromatic rings. The summed E-state index contributed by atoms with van der Waals surface area (Å²) in [4.78, 5) is 4.87. The van der Waals surface area contributed by atoms with E-state index >= 15 is 0 Å². The molecule has 0 aliphatic heterocycles. The van der Waals surface area contributed by atoms with E-state index in [0.717, 1.165) is 6.42 Å². The highest BCUT2D eigenvalue weighted by atomic mass is 16.6. The van der Waals surface area contributed by atoms with Gasteiger partial charge in [-0.05, 0) is 11.8 Å². The molecule has 0 unspecified atom stereocenters. The predicted octanol–water partition coefficient (Wildman–Crippen LogP) is 0.837. The molecule has 0 aromatic carbocycles. The SMILES string of the molecule is CC(C)(C)CCONC(=N)N. The van der Waals surface area contributed by atoms with Crippen LogP contribution in [0.25, 0.3) is 0 Å². The van der Waals surface area contributed by atoms with Crippen molar-refractivity contribution in [1.29, 1.82) is 5.41 Å². The Bertz CT molecular complexity index is 128. The lowest BCUT2D eigenvalue weighted by Gasteiger charge is -2.17. The molecule has 0 fully saturated rings. The molecule has 0 heterocycles. The summed E-state index contributed by atoms with van der Waals surface area (Å²) in [5, 5.41) is 6.77. The molecule has 66 valence electrons. The average molecular weight is 159 g/mol. The van der Waals surface area contributed by atoms with Crippen molar-refractivity contribution in [2.75, 3.05) is 6.61 Å². The fourth-order valence-corrected chi connectivity index (χ4v) is 0.486. The van der Waals surface area contributed by atoms with Gasteiger partial charge < -0.3 is 5.73 Å². The number of hydroxylamine groups is 1. The smallest absolute Gasteiger partial charge is 0.210 e. The molecule has 0 amide bonds. The molecule has 4 N–H and O–H groups in total. The monoisotopic (exact) mass is 159 g/mol. The zero-order valence-corrected chi connectivity index (χ0v) is 7.40. The molecule has 0 saturated carbocycles. The average Bonchev–Trinajstić information content (AvgIpc) is 1.78. The third-order valence-corrected chi connectivity index (χ3v) is 1.14. The first-order valence-corrected chi connectivity index (χ1v) is 3.64. The second-order valence-electron chi connectivity index (χ2n) is 3.67. The van der Waals surface area contributed by atoms with Gasteiger partial charge in [-0.3, -0.25) is 10.2 Å². The molecule has 0 aliphatic carbocycles. The van der Waals surface area contributed by atoms with Gasteiger partial charge in [0.2, 0.25) is 5.96 Å². The highest BCUT2D eigenvalue weighted by molar-refractivity contribution is 5.72. The maximum atomic E-state index is 6.77. The van der Waals surface area contributed by atoms with Gasteiger partial charge >= 0.3 is 0 Å². The van der Waals surface area contributed by atoms with E-state index in [9.17, 15) is 0 Å². The Morgan fingerprint density at radius 3 is 2.45 bits per heavy atom. The van der Waals surface area contributed by atoms with Crippen molar-refractivity contribution in [1.82, 2.24) is 5.48 Å². The van der Waals surface area contributed by atoms with Crippen molar-refractivity contribution in [3.8, 4) is 0 Å². The number of guanidine groups is 1. The summed E-state index contributed by atoms with van der Waals surface area (Å²) < 4.78 is 0. The van der Waals surface area contributed by atoms with Crippen LogP contribution in [0.3, 0.4) is 0 Å². The summed E-state index contributed by atoms with van der Waals surface area (Å²) >= 11 is 0. The standard InChI is InChI=1S/C7H17N3O/c1-7(2,3)4-5-11-10-6(8)9/h4-5H2,1-3H3,(H4,8,9,10). The van der Waals surface area contributed by atoms with Crippen molar-refractivity contribution in [2.45, 2.75) is 27.2 Å². The normalized spacial score (nSPS) is 11.2. The summed E-state index contributed by atoms with van der Waals surface area (Å²) in [6.45, 7) is 6.96. The quantitative estimate of drug-likeness (QED) is 0.247. The van der Waals surface area contributed by atoms with E-state index in [-0.39, 0.29) is 11.4 Å². The van der Waals surface area contributed by atoms with E-state index in [2.05, 4.69) is 26.3 Å². The fourth-order valence-electron chi connectivity index (χ4n) is 0.486. The summed E-state index contributed by atoms with van der Waals surface area (Å²) in [5.74, 6) is -0.154.